The lowest BCUT2D eigenvalue weighted by atomic mass is 10.2. The van der Waals surface area contributed by atoms with Gasteiger partial charge in [-0.3, -0.25) is 4.79 Å². The number of aryl methyl sites for hydroxylation is 1. The molecule has 2 aromatic rings. The highest BCUT2D eigenvalue weighted by Gasteiger charge is 2.10. The van der Waals surface area contributed by atoms with Gasteiger partial charge in [-0.1, -0.05) is 23.7 Å². The van der Waals surface area contributed by atoms with Crippen LogP contribution in [0.3, 0.4) is 0 Å². The molecule has 0 unspecified atom stereocenters. The number of amides is 1. The molecule has 0 aliphatic heterocycles. The number of carbonyl (C=O) groups excluding carboxylic acids is 1. The first-order valence-corrected chi connectivity index (χ1v) is 5.36. The SMILES string of the molecule is Cc1nnc(CNC(=O)c2ccccc2Cl)o1. The molecule has 5 nitrogen and oxygen atoms in total. The van der Waals surface area contributed by atoms with Crippen LogP contribution in [0.15, 0.2) is 28.7 Å². The highest BCUT2D eigenvalue weighted by atomic mass is 35.5. The summed E-state index contributed by atoms with van der Waals surface area (Å²) in [5.41, 5.74) is 0.422. The number of nitrogens with one attached hydrogen (secondary N) is 1. The van der Waals surface area contributed by atoms with E-state index >= 15 is 0 Å². The summed E-state index contributed by atoms with van der Waals surface area (Å²) in [6, 6.07) is 6.82. The summed E-state index contributed by atoms with van der Waals surface area (Å²) in [6.45, 7) is 1.87. The Labute approximate surface area is 103 Å². The number of benzene rings is 1. The van der Waals surface area contributed by atoms with Crippen molar-refractivity contribution in [3.05, 3.63) is 46.6 Å². The molecule has 6 heteroatoms. The number of rotatable bonds is 3. The average molecular weight is 252 g/mol. The highest BCUT2D eigenvalue weighted by Crippen LogP contribution is 2.14. The number of hydrogen-bond donors (Lipinski definition) is 1. The molecule has 0 atom stereocenters. The third-order valence-electron chi connectivity index (χ3n) is 2.09. The van der Waals surface area contributed by atoms with Crippen LogP contribution in [0.1, 0.15) is 22.1 Å². The Bertz CT molecular complexity index is 539. The summed E-state index contributed by atoms with van der Waals surface area (Å²) >= 11 is 5.89. The maximum atomic E-state index is 11.8. The molecule has 0 radical (unpaired) electrons. The van der Waals surface area contributed by atoms with Crippen molar-refractivity contribution in [1.82, 2.24) is 15.5 Å². The van der Waals surface area contributed by atoms with E-state index in [-0.39, 0.29) is 12.5 Å². The van der Waals surface area contributed by atoms with Gasteiger partial charge in [0.2, 0.25) is 11.8 Å². The normalized spacial score (nSPS) is 10.2. The predicted octanol–water partition coefficient (Wildman–Crippen LogP) is 1.96. The molecule has 0 aliphatic carbocycles. The molecule has 17 heavy (non-hydrogen) atoms. The molecule has 88 valence electrons. The van der Waals surface area contributed by atoms with Crippen molar-refractivity contribution in [2.24, 2.45) is 0 Å². The van der Waals surface area contributed by atoms with Crippen molar-refractivity contribution in [3.8, 4) is 0 Å². The minimum absolute atomic E-state index is 0.185. The second kappa shape index (κ2) is 4.97. The van der Waals surface area contributed by atoms with Gasteiger partial charge in [0.1, 0.15) is 0 Å². The van der Waals surface area contributed by atoms with E-state index in [1.54, 1.807) is 31.2 Å². The van der Waals surface area contributed by atoms with Gasteiger partial charge in [-0.25, -0.2) is 0 Å². The summed E-state index contributed by atoms with van der Waals surface area (Å²) < 4.78 is 5.13. The van der Waals surface area contributed by atoms with Gasteiger partial charge in [-0.2, -0.15) is 0 Å². The maximum Gasteiger partial charge on any atom is 0.253 e. The van der Waals surface area contributed by atoms with Crippen LogP contribution < -0.4 is 5.32 Å². The second-order valence-corrected chi connectivity index (χ2v) is 3.78. The fourth-order valence-electron chi connectivity index (χ4n) is 1.31. The number of hydrogen-bond acceptors (Lipinski definition) is 4. The molecule has 1 aromatic heterocycles. The Balaban J connectivity index is 2.01. The van der Waals surface area contributed by atoms with Crippen LogP contribution in [0.4, 0.5) is 0 Å². The van der Waals surface area contributed by atoms with Crippen molar-refractivity contribution in [1.29, 1.82) is 0 Å². The van der Waals surface area contributed by atoms with Gasteiger partial charge in [-0.05, 0) is 12.1 Å². The van der Waals surface area contributed by atoms with Crippen LogP contribution in [-0.2, 0) is 6.54 Å². The smallest absolute Gasteiger partial charge is 0.253 e. The molecular weight excluding hydrogens is 242 g/mol. The molecule has 0 saturated carbocycles. The lowest BCUT2D eigenvalue weighted by Crippen LogP contribution is -2.23. The molecular formula is C11H10ClN3O2. The Morgan fingerprint density at radius 1 is 1.41 bits per heavy atom. The summed E-state index contributed by atoms with van der Waals surface area (Å²) in [5, 5.41) is 10.5. The van der Waals surface area contributed by atoms with E-state index in [2.05, 4.69) is 15.5 Å². The van der Waals surface area contributed by atoms with Crippen molar-refractivity contribution in [2.45, 2.75) is 13.5 Å². The van der Waals surface area contributed by atoms with Crippen molar-refractivity contribution < 1.29 is 9.21 Å². The van der Waals surface area contributed by atoms with Gasteiger partial charge in [0.05, 0.1) is 17.1 Å². The molecule has 0 bridgehead atoms. The van der Waals surface area contributed by atoms with Gasteiger partial charge in [-0.15, -0.1) is 10.2 Å². The fraction of sp³-hybridized carbons (Fsp3) is 0.182. The van der Waals surface area contributed by atoms with Gasteiger partial charge >= 0.3 is 0 Å². The fourth-order valence-corrected chi connectivity index (χ4v) is 1.53. The number of carbonyl (C=O) groups is 1. The zero-order valence-electron chi connectivity index (χ0n) is 9.11. The van der Waals surface area contributed by atoms with E-state index in [0.29, 0.717) is 22.4 Å². The van der Waals surface area contributed by atoms with Crippen molar-refractivity contribution >= 4 is 17.5 Å². The zero-order chi connectivity index (χ0) is 12.3. The number of aromatic nitrogens is 2. The predicted molar refractivity (Wildman–Crippen MR) is 61.7 cm³/mol. The first-order valence-electron chi connectivity index (χ1n) is 4.98. The van der Waals surface area contributed by atoms with Gasteiger partial charge in [0.15, 0.2) is 0 Å². The number of halogens is 1. The molecule has 1 aromatic carbocycles. The summed E-state index contributed by atoms with van der Waals surface area (Å²) in [6.07, 6.45) is 0. The van der Waals surface area contributed by atoms with Crippen LogP contribution in [-0.4, -0.2) is 16.1 Å². The Morgan fingerprint density at radius 3 is 2.82 bits per heavy atom. The third kappa shape index (κ3) is 2.82. The Hall–Kier alpha value is -1.88. The van der Waals surface area contributed by atoms with Crippen LogP contribution >= 0.6 is 11.6 Å². The zero-order valence-corrected chi connectivity index (χ0v) is 9.86. The lowest BCUT2D eigenvalue weighted by molar-refractivity contribution is 0.0947. The largest absolute Gasteiger partial charge is 0.424 e. The second-order valence-electron chi connectivity index (χ2n) is 3.38. The van der Waals surface area contributed by atoms with Crippen LogP contribution in [0, 0.1) is 6.92 Å². The quantitative estimate of drug-likeness (QED) is 0.906. The highest BCUT2D eigenvalue weighted by molar-refractivity contribution is 6.33. The minimum atomic E-state index is -0.272. The molecule has 1 amide bonds. The van der Waals surface area contributed by atoms with Crippen LogP contribution in [0.2, 0.25) is 5.02 Å². The van der Waals surface area contributed by atoms with E-state index in [1.807, 2.05) is 0 Å². The minimum Gasteiger partial charge on any atom is -0.424 e. The molecule has 0 spiro atoms. The lowest BCUT2D eigenvalue weighted by Gasteiger charge is -2.03. The van der Waals surface area contributed by atoms with E-state index < -0.39 is 0 Å². The molecule has 1 heterocycles. The van der Waals surface area contributed by atoms with Crippen LogP contribution in [0.25, 0.3) is 0 Å². The summed E-state index contributed by atoms with van der Waals surface area (Å²) in [4.78, 5) is 11.8. The first-order chi connectivity index (χ1) is 8.16. The van der Waals surface area contributed by atoms with Gasteiger partial charge in [0, 0.05) is 6.92 Å². The molecule has 0 fully saturated rings. The molecule has 2 rings (SSSR count). The topological polar surface area (TPSA) is 68.0 Å². The standard InChI is InChI=1S/C11H10ClN3O2/c1-7-14-15-10(17-7)6-13-11(16)8-4-2-3-5-9(8)12/h2-5H,6H2,1H3,(H,13,16). The maximum absolute atomic E-state index is 11.8. The first kappa shape index (κ1) is 11.6. The summed E-state index contributed by atoms with van der Waals surface area (Å²) in [5.74, 6) is 0.557. The molecule has 1 N–H and O–H groups in total. The number of nitrogens with zero attached hydrogens (tertiary/aromatic N) is 2. The van der Waals surface area contributed by atoms with E-state index in [0.717, 1.165) is 0 Å². The van der Waals surface area contributed by atoms with Gasteiger partial charge in [0.25, 0.3) is 5.91 Å². The Kier molecular flexibility index (Phi) is 3.39. The van der Waals surface area contributed by atoms with Crippen molar-refractivity contribution in [3.63, 3.8) is 0 Å². The van der Waals surface area contributed by atoms with E-state index in [9.17, 15) is 4.79 Å². The van der Waals surface area contributed by atoms with Crippen molar-refractivity contribution in [2.75, 3.05) is 0 Å². The Morgan fingerprint density at radius 2 is 2.18 bits per heavy atom. The van der Waals surface area contributed by atoms with E-state index in [4.69, 9.17) is 16.0 Å². The molecule has 0 aliphatic rings. The average Bonchev–Trinajstić information content (AvgIpc) is 2.73. The molecule has 0 saturated heterocycles. The van der Waals surface area contributed by atoms with E-state index in [1.165, 1.54) is 0 Å². The van der Waals surface area contributed by atoms with Gasteiger partial charge < -0.3 is 9.73 Å². The summed E-state index contributed by atoms with van der Waals surface area (Å²) in [7, 11) is 0. The third-order valence-corrected chi connectivity index (χ3v) is 2.42. The van der Waals surface area contributed by atoms with Crippen LogP contribution in [0.5, 0.6) is 0 Å². The monoisotopic (exact) mass is 251 g/mol.